The van der Waals surface area contributed by atoms with Crippen molar-refractivity contribution in [3.63, 3.8) is 0 Å². The van der Waals surface area contributed by atoms with E-state index in [1.165, 1.54) is 6.42 Å². The van der Waals surface area contributed by atoms with Gasteiger partial charge in [0.25, 0.3) is 0 Å². The number of aromatic nitrogens is 3. The highest BCUT2D eigenvalue weighted by Gasteiger charge is 2.40. The van der Waals surface area contributed by atoms with E-state index in [0.29, 0.717) is 11.9 Å². The molecule has 1 fully saturated rings. The molecule has 72 valence electrons. The SMILES string of the molecule is COCC1(n2cnnc2Cl)CCC1. The number of hydrogen-bond donors (Lipinski definition) is 0. The van der Waals surface area contributed by atoms with Crippen molar-refractivity contribution in [3.8, 4) is 0 Å². The zero-order chi connectivity index (χ0) is 9.31. The molecule has 4 nitrogen and oxygen atoms in total. The van der Waals surface area contributed by atoms with E-state index in [2.05, 4.69) is 10.2 Å². The third-order valence-electron chi connectivity index (χ3n) is 2.71. The molecular formula is C8H12ClN3O. The Morgan fingerprint density at radius 2 is 2.46 bits per heavy atom. The highest BCUT2D eigenvalue weighted by atomic mass is 35.5. The number of methoxy groups -OCH3 is 1. The van der Waals surface area contributed by atoms with Gasteiger partial charge in [-0.05, 0) is 30.9 Å². The summed E-state index contributed by atoms with van der Waals surface area (Å²) in [5.74, 6) is 0. The van der Waals surface area contributed by atoms with E-state index in [9.17, 15) is 0 Å². The van der Waals surface area contributed by atoms with Crippen LogP contribution in [0.4, 0.5) is 0 Å². The summed E-state index contributed by atoms with van der Waals surface area (Å²) < 4.78 is 7.11. The zero-order valence-corrected chi connectivity index (χ0v) is 8.29. The topological polar surface area (TPSA) is 39.9 Å². The van der Waals surface area contributed by atoms with Gasteiger partial charge in [0.15, 0.2) is 0 Å². The summed E-state index contributed by atoms with van der Waals surface area (Å²) in [6, 6.07) is 0. The Balaban J connectivity index is 2.26. The fourth-order valence-electron chi connectivity index (χ4n) is 1.85. The van der Waals surface area contributed by atoms with E-state index in [4.69, 9.17) is 16.3 Å². The molecule has 13 heavy (non-hydrogen) atoms. The number of hydrogen-bond acceptors (Lipinski definition) is 3. The summed E-state index contributed by atoms with van der Waals surface area (Å²) >= 11 is 5.91. The summed E-state index contributed by atoms with van der Waals surface area (Å²) in [6.45, 7) is 0.685. The predicted octanol–water partition coefficient (Wildman–Crippen LogP) is 1.46. The van der Waals surface area contributed by atoms with Crippen molar-refractivity contribution in [1.29, 1.82) is 0 Å². The first-order valence-corrected chi connectivity index (χ1v) is 4.71. The Morgan fingerprint density at radius 3 is 2.85 bits per heavy atom. The Morgan fingerprint density at radius 1 is 1.69 bits per heavy atom. The Hall–Kier alpha value is -0.610. The summed E-state index contributed by atoms with van der Waals surface area (Å²) in [7, 11) is 1.71. The van der Waals surface area contributed by atoms with Crippen LogP contribution in [0, 0.1) is 0 Å². The van der Waals surface area contributed by atoms with E-state index in [1.54, 1.807) is 13.4 Å². The van der Waals surface area contributed by atoms with E-state index in [-0.39, 0.29) is 5.54 Å². The molecule has 0 spiro atoms. The van der Waals surface area contributed by atoms with Crippen LogP contribution in [0.5, 0.6) is 0 Å². The second kappa shape index (κ2) is 3.27. The lowest BCUT2D eigenvalue weighted by atomic mass is 9.77. The monoisotopic (exact) mass is 201 g/mol. The molecule has 0 bridgehead atoms. The first-order valence-electron chi connectivity index (χ1n) is 4.33. The van der Waals surface area contributed by atoms with Crippen molar-refractivity contribution >= 4 is 11.6 Å². The van der Waals surface area contributed by atoms with Crippen LogP contribution in [-0.4, -0.2) is 28.5 Å². The lowest BCUT2D eigenvalue weighted by Gasteiger charge is -2.42. The van der Waals surface area contributed by atoms with Gasteiger partial charge in [0.05, 0.1) is 12.1 Å². The molecule has 1 heterocycles. The van der Waals surface area contributed by atoms with Gasteiger partial charge in [-0.1, -0.05) is 0 Å². The maximum Gasteiger partial charge on any atom is 0.225 e. The van der Waals surface area contributed by atoms with Crippen LogP contribution >= 0.6 is 11.6 Å². The Kier molecular flexibility index (Phi) is 2.26. The Labute approximate surface area is 81.9 Å². The molecule has 2 rings (SSSR count). The molecule has 0 N–H and O–H groups in total. The molecule has 1 aliphatic rings. The first kappa shape index (κ1) is 8.97. The molecule has 0 amide bonds. The minimum atomic E-state index is 0.0231. The minimum Gasteiger partial charge on any atom is -0.382 e. The van der Waals surface area contributed by atoms with Gasteiger partial charge in [0.1, 0.15) is 6.33 Å². The van der Waals surface area contributed by atoms with Gasteiger partial charge in [-0.3, -0.25) is 4.57 Å². The van der Waals surface area contributed by atoms with Crippen LogP contribution in [0.3, 0.4) is 0 Å². The van der Waals surface area contributed by atoms with E-state index in [0.717, 1.165) is 12.8 Å². The quantitative estimate of drug-likeness (QED) is 0.744. The smallest absolute Gasteiger partial charge is 0.225 e. The van der Waals surface area contributed by atoms with E-state index in [1.807, 2.05) is 4.57 Å². The normalized spacial score (nSPS) is 19.8. The fraction of sp³-hybridized carbons (Fsp3) is 0.750. The van der Waals surface area contributed by atoms with Crippen molar-refractivity contribution in [2.45, 2.75) is 24.8 Å². The maximum absolute atomic E-state index is 5.91. The predicted molar refractivity (Wildman–Crippen MR) is 48.7 cm³/mol. The standard InChI is InChI=1S/C8H12ClN3O/c1-13-5-8(3-2-4-8)12-6-10-11-7(12)9/h6H,2-5H2,1H3. The molecule has 0 saturated heterocycles. The van der Waals surface area contributed by atoms with Crippen LogP contribution in [0.15, 0.2) is 6.33 Å². The second-order valence-electron chi connectivity index (χ2n) is 3.48. The van der Waals surface area contributed by atoms with Crippen LogP contribution in [0.2, 0.25) is 5.28 Å². The molecular weight excluding hydrogens is 190 g/mol. The molecule has 1 aromatic heterocycles. The summed E-state index contributed by atoms with van der Waals surface area (Å²) in [5, 5.41) is 8.00. The molecule has 0 radical (unpaired) electrons. The summed E-state index contributed by atoms with van der Waals surface area (Å²) in [6.07, 6.45) is 5.09. The molecule has 0 aromatic carbocycles. The molecule has 5 heteroatoms. The van der Waals surface area contributed by atoms with Crippen LogP contribution in [0.25, 0.3) is 0 Å². The lowest BCUT2D eigenvalue weighted by molar-refractivity contribution is 0.0273. The van der Waals surface area contributed by atoms with Gasteiger partial charge in [0.2, 0.25) is 5.28 Å². The van der Waals surface area contributed by atoms with Crippen molar-refractivity contribution in [3.05, 3.63) is 11.6 Å². The van der Waals surface area contributed by atoms with Crippen LogP contribution in [0.1, 0.15) is 19.3 Å². The highest BCUT2D eigenvalue weighted by molar-refractivity contribution is 6.28. The average Bonchev–Trinajstić information content (AvgIpc) is 2.44. The van der Waals surface area contributed by atoms with Gasteiger partial charge in [0, 0.05) is 7.11 Å². The number of halogens is 1. The summed E-state index contributed by atoms with van der Waals surface area (Å²) in [4.78, 5) is 0. The van der Waals surface area contributed by atoms with Gasteiger partial charge >= 0.3 is 0 Å². The zero-order valence-electron chi connectivity index (χ0n) is 7.53. The van der Waals surface area contributed by atoms with Crippen molar-refractivity contribution < 1.29 is 4.74 Å². The minimum absolute atomic E-state index is 0.0231. The molecule has 0 aliphatic heterocycles. The highest BCUT2D eigenvalue weighted by Crippen LogP contribution is 2.40. The maximum atomic E-state index is 5.91. The third-order valence-corrected chi connectivity index (χ3v) is 2.97. The number of nitrogens with zero attached hydrogens (tertiary/aromatic N) is 3. The van der Waals surface area contributed by atoms with Crippen LogP contribution < -0.4 is 0 Å². The van der Waals surface area contributed by atoms with Crippen molar-refractivity contribution in [1.82, 2.24) is 14.8 Å². The van der Waals surface area contributed by atoms with Gasteiger partial charge in [-0.25, -0.2) is 0 Å². The Bertz CT molecular complexity index is 295. The van der Waals surface area contributed by atoms with E-state index < -0.39 is 0 Å². The number of rotatable bonds is 3. The van der Waals surface area contributed by atoms with Gasteiger partial charge in [-0.15, -0.1) is 10.2 Å². The molecule has 1 saturated carbocycles. The average molecular weight is 202 g/mol. The molecule has 1 aliphatic carbocycles. The first-order chi connectivity index (χ1) is 6.28. The summed E-state index contributed by atoms with van der Waals surface area (Å²) in [5.41, 5.74) is 0.0231. The van der Waals surface area contributed by atoms with Crippen molar-refractivity contribution in [2.75, 3.05) is 13.7 Å². The largest absolute Gasteiger partial charge is 0.382 e. The van der Waals surface area contributed by atoms with Gasteiger partial charge in [-0.2, -0.15) is 0 Å². The number of ether oxygens (including phenoxy) is 1. The molecule has 0 atom stereocenters. The fourth-order valence-corrected chi connectivity index (χ4v) is 2.11. The second-order valence-corrected chi connectivity index (χ2v) is 3.82. The van der Waals surface area contributed by atoms with Gasteiger partial charge < -0.3 is 4.74 Å². The molecule has 1 aromatic rings. The lowest BCUT2D eigenvalue weighted by Crippen LogP contribution is -2.44. The third kappa shape index (κ3) is 1.34. The van der Waals surface area contributed by atoms with Crippen LogP contribution in [-0.2, 0) is 10.3 Å². The molecule has 0 unspecified atom stereocenters. The van der Waals surface area contributed by atoms with E-state index >= 15 is 0 Å². The van der Waals surface area contributed by atoms with Crippen molar-refractivity contribution in [2.24, 2.45) is 0 Å².